The van der Waals surface area contributed by atoms with E-state index in [1.807, 2.05) is 19.1 Å². The van der Waals surface area contributed by atoms with E-state index in [1.165, 1.54) is 0 Å². The molecule has 0 radical (unpaired) electrons. The first-order chi connectivity index (χ1) is 9.56. The molecule has 5 nitrogen and oxygen atoms in total. The first-order valence-corrected chi connectivity index (χ1v) is 6.80. The molecule has 1 aromatic rings. The number of rotatable bonds is 6. The van der Waals surface area contributed by atoms with Gasteiger partial charge in [-0.25, -0.2) is 0 Å². The second-order valence-electron chi connectivity index (χ2n) is 6.21. The van der Waals surface area contributed by atoms with Crippen LogP contribution in [0.4, 0.5) is 0 Å². The Balaban J connectivity index is 2.61. The Labute approximate surface area is 125 Å². The molecule has 0 aliphatic heterocycles. The molecule has 0 aliphatic rings. The Hall–Kier alpha value is -2.04. The molecule has 5 heteroatoms. The van der Waals surface area contributed by atoms with Gasteiger partial charge < -0.3 is 15.2 Å². The van der Waals surface area contributed by atoms with Crippen LogP contribution in [0.25, 0.3) is 0 Å². The topological polar surface area (TPSA) is 75.6 Å². The van der Waals surface area contributed by atoms with Crippen LogP contribution in [-0.2, 0) is 9.59 Å². The molecule has 0 aromatic heterocycles. The van der Waals surface area contributed by atoms with Crippen molar-refractivity contribution in [2.45, 2.75) is 40.2 Å². The van der Waals surface area contributed by atoms with Crippen molar-refractivity contribution in [3.05, 3.63) is 29.8 Å². The maximum absolute atomic E-state index is 11.9. The van der Waals surface area contributed by atoms with Crippen LogP contribution in [0.15, 0.2) is 24.3 Å². The van der Waals surface area contributed by atoms with Crippen molar-refractivity contribution in [2.24, 2.45) is 5.41 Å². The van der Waals surface area contributed by atoms with Gasteiger partial charge in [-0.15, -0.1) is 0 Å². The molecule has 116 valence electrons. The zero-order valence-electron chi connectivity index (χ0n) is 13.2. The molecule has 0 aliphatic carbocycles. The van der Waals surface area contributed by atoms with Gasteiger partial charge in [0, 0.05) is 0 Å². The fourth-order valence-electron chi connectivity index (χ4n) is 1.59. The predicted octanol–water partition coefficient (Wildman–Crippen LogP) is 2.38. The van der Waals surface area contributed by atoms with Gasteiger partial charge in [0.1, 0.15) is 5.75 Å². The fraction of sp³-hybridized carbons (Fsp3) is 0.500. The zero-order valence-corrected chi connectivity index (χ0v) is 13.2. The van der Waals surface area contributed by atoms with Crippen LogP contribution in [0.1, 0.15) is 33.3 Å². The van der Waals surface area contributed by atoms with Crippen LogP contribution < -0.4 is 10.1 Å². The minimum atomic E-state index is -1.09. The van der Waals surface area contributed by atoms with Crippen molar-refractivity contribution in [1.29, 1.82) is 0 Å². The summed E-state index contributed by atoms with van der Waals surface area (Å²) in [6.45, 7) is 8.35. The number of aliphatic carboxylic acids is 1. The molecule has 0 saturated heterocycles. The molecule has 0 fully saturated rings. The quantitative estimate of drug-likeness (QED) is 0.844. The number of hydrogen-bond donors (Lipinski definition) is 2. The van der Waals surface area contributed by atoms with Gasteiger partial charge in [-0.3, -0.25) is 9.59 Å². The molecule has 0 saturated carbocycles. The molecule has 1 amide bonds. The monoisotopic (exact) mass is 293 g/mol. The lowest BCUT2D eigenvalue weighted by molar-refractivity contribution is -0.152. The van der Waals surface area contributed by atoms with Gasteiger partial charge in [-0.05, 0) is 46.8 Å². The van der Waals surface area contributed by atoms with Gasteiger partial charge in [-0.1, -0.05) is 17.7 Å². The Morgan fingerprint density at radius 2 is 1.67 bits per heavy atom. The molecule has 21 heavy (non-hydrogen) atoms. The van der Waals surface area contributed by atoms with Gasteiger partial charge in [0.2, 0.25) is 0 Å². The first kappa shape index (κ1) is 17.0. The van der Waals surface area contributed by atoms with Crippen molar-refractivity contribution in [3.63, 3.8) is 0 Å². The Kier molecular flexibility index (Phi) is 4.99. The van der Waals surface area contributed by atoms with E-state index in [2.05, 4.69) is 5.32 Å². The number of hydrogen-bond acceptors (Lipinski definition) is 3. The lowest BCUT2D eigenvalue weighted by Crippen LogP contribution is -2.57. The molecule has 0 atom stereocenters. The van der Waals surface area contributed by atoms with Crippen LogP contribution in [-0.4, -0.2) is 29.1 Å². The fourth-order valence-corrected chi connectivity index (χ4v) is 1.59. The van der Waals surface area contributed by atoms with Crippen molar-refractivity contribution < 1.29 is 19.4 Å². The molecule has 2 N–H and O–H groups in total. The Morgan fingerprint density at radius 3 is 2.14 bits per heavy atom. The minimum absolute atomic E-state index is 0.151. The van der Waals surface area contributed by atoms with E-state index in [4.69, 9.17) is 4.74 Å². The van der Waals surface area contributed by atoms with E-state index >= 15 is 0 Å². The number of ether oxygens (including phenoxy) is 1. The summed E-state index contributed by atoms with van der Waals surface area (Å²) in [5.74, 6) is -0.715. The highest BCUT2D eigenvalue weighted by Crippen LogP contribution is 2.30. The zero-order chi connectivity index (χ0) is 16.3. The van der Waals surface area contributed by atoms with E-state index in [0.717, 1.165) is 5.56 Å². The summed E-state index contributed by atoms with van der Waals surface area (Å²) < 4.78 is 5.38. The van der Waals surface area contributed by atoms with E-state index in [0.29, 0.717) is 5.75 Å². The normalized spacial score (nSPS) is 11.9. The number of amides is 1. The maximum atomic E-state index is 11.9. The second kappa shape index (κ2) is 6.16. The van der Waals surface area contributed by atoms with E-state index in [9.17, 15) is 14.7 Å². The van der Waals surface area contributed by atoms with Gasteiger partial charge >= 0.3 is 5.97 Å². The molecule has 0 heterocycles. The van der Waals surface area contributed by atoms with Crippen molar-refractivity contribution >= 4 is 11.9 Å². The smallest absolute Gasteiger partial charge is 0.311 e. The number of aryl methyl sites for hydroxylation is 1. The average Bonchev–Trinajstić information content (AvgIpc) is 2.37. The number of carbonyl (C=O) groups is 2. The average molecular weight is 293 g/mol. The third-order valence-corrected chi connectivity index (χ3v) is 3.94. The highest BCUT2D eigenvalue weighted by molar-refractivity contribution is 5.81. The summed E-state index contributed by atoms with van der Waals surface area (Å²) >= 11 is 0. The molecular weight excluding hydrogens is 270 g/mol. The molecule has 0 spiro atoms. The molecular formula is C16H23NO4. The van der Waals surface area contributed by atoms with Gasteiger partial charge in [0.25, 0.3) is 5.91 Å². The van der Waals surface area contributed by atoms with Crippen LogP contribution in [0.2, 0.25) is 0 Å². The SMILES string of the molecule is Cc1ccc(OCC(=O)NC(C)(C)C(C)(C)C(=O)O)cc1. The van der Waals surface area contributed by atoms with Crippen LogP contribution >= 0.6 is 0 Å². The second-order valence-corrected chi connectivity index (χ2v) is 6.21. The molecule has 1 aromatic carbocycles. The highest BCUT2D eigenvalue weighted by atomic mass is 16.5. The van der Waals surface area contributed by atoms with Gasteiger partial charge in [0.15, 0.2) is 6.61 Å². The summed E-state index contributed by atoms with van der Waals surface area (Å²) in [4.78, 5) is 23.2. The Bertz CT molecular complexity index is 518. The number of benzene rings is 1. The van der Waals surface area contributed by atoms with Crippen molar-refractivity contribution in [2.75, 3.05) is 6.61 Å². The largest absolute Gasteiger partial charge is 0.484 e. The van der Waals surface area contributed by atoms with Crippen molar-refractivity contribution in [3.8, 4) is 5.75 Å². The lowest BCUT2D eigenvalue weighted by Gasteiger charge is -2.38. The Morgan fingerprint density at radius 1 is 1.14 bits per heavy atom. The van der Waals surface area contributed by atoms with E-state index in [1.54, 1.807) is 39.8 Å². The van der Waals surface area contributed by atoms with Crippen LogP contribution in [0, 0.1) is 12.3 Å². The van der Waals surface area contributed by atoms with E-state index in [-0.39, 0.29) is 12.5 Å². The van der Waals surface area contributed by atoms with Crippen LogP contribution in [0.5, 0.6) is 5.75 Å². The minimum Gasteiger partial charge on any atom is -0.484 e. The maximum Gasteiger partial charge on any atom is 0.311 e. The number of carboxylic acid groups (broad SMARTS) is 1. The summed E-state index contributed by atoms with van der Waals surface area (Å²) in [5.41, 5.74) is -0.879. The standard InChI is InChI=1S/C16H23NO4/c1-11-6-8-12(9-7-11)21-10-13(18)17-16(4,5)15(2,3)14(19)20/h6-9H,10H2,1-5H3,(H,17,18)(H,19,20). The van der Waals surface area contributed by atoms with Gasteiger partial charge in [-0.2, -0.15) is 0 Å². The first-order valence-electron chi connectivity index (χ1n) is 6.80. The summed E-state index contributed by atoms with van der Waals surface area (Å²) in [7, 11) is 0. The number of nitrogens with one attached hydrogen (secondary N) is 1. The summed E-state index contributed by atoms with van der Waals surface area (Å²) in [5, 5.41) is 12.0. The molecule has 1 rings (SSSR count). The third kappa shape index (κ3) is 4.21. The summed E-state index contributed by atoms with van der Waals surface area (Å²) in [6.07, 6.45) is 0. The highest BCUT2D eigenvalue weighted by Gasteiger charge is 2.44. The molecule has 0 unspecified atom stereocenters. The molecule has 0 bridgehead atoms. The van der Waals surface area contributed by atoms with Crippen molar-refractivity contribution in [1.82, 2.24) is 5.32 Å². The number of carboxylic acids is 1. The van der Waals surface area contributed by atoms with Crippen LogP contribution in [0.3, 0.4) is 0 Å². The number of carbonyl (C=O) groups excluding carboxylic acids is 1. The van der Waals surface area contributed by atoms with Gasteiger partial charge in [0.05, 0.1) is 11.0 Å². The predicted molar refractivity (Wildman–Crippen MR) is 80.3 cm³/mol. The summed E-state index contributed by atoms with van der Waals surface area (Å²) in [6, 6.07) is 7.36. The third-order valence-electron chi connectivity index (χ3n) is 3.94. The lowest BCUT2D eigenvalue weighted by atomic mass is 9.74. The van der Waals surface area contributed by atoms with E-state index < -0.39 is 16.9 Å².